The van der Waals surface area contributed by atoms with E-state index in [2.05, 4.69) is 5.32 Å². The molecule has 0 aliphatic rings. The maximum absolute atomic E-state index is 11.9. The van der Waals surface area contributed by atoms with Crippen LogP contribution in [0.25, 0.3) is 0 Å². The molecule has 120 valence electrons. The number of aliphatic hydroxyl groups excluding tert-OH is 1. The summed E-state index contributed by atoms with van der Waals surface area (Å²) < 4.78 is 9.79. The Hall–Kier alpha value is -1.50. The number of thiocarbonyl (C=S) groups is 1. The number of halogens is 2. The summed E-state index contributed by atoms with van der Waals surface area (Å²) in [6.07, 6.45) is 0. The van der Waals surface area contributed by atoms with E-state index in [0.29, 0.717) is 15.7 Å². The Morgan fingerprint density at radius 2 is 1.86 bits per heavy atom. The highest BCUT2D eigenvalue weighted by molar-refractivity contribution is 7.81. The minimum absolute atomic E-state index is 0.0530. The van der Waals surface area contributed by atoms with E-state index in [4.69, 9.17) is 44.9 Å². The molecule has 0 atom stereocenters. The van der Waals surface area contributed by atoms with Crippen molar-refractivity contribution in [1.82, 2.24) is 0 Å². The van der Waals surface area contributed by atoms with Crippen LogP contribution in [0.4, 0.5) is 5.69 Å². The second-order valence-corrected chi connectivity index (χ2v) is 5.14. The van der Waals surface area contributed by atoms with Crippen LogP contribution < -0.4 is 5.32 Å². The summed E-state index contributed by atoms with van der Waals surface area (Å²) >= 11 is 16.9. The number of hydrogen-bond donors (Lipinski definition) is 2. The molecule has 2 N–H and O–H groups in total. The maximum Gasteiger partial charge on any atom is 0.348 e. The van der Waals surface area contributed by atoms with Crippen molar-refractivity contribution >= 4 is 52.1 Å². The van der Waals surface area contributed by atoms with Crippen molar-refractivity contribution in [2.24, 2.45) is 0 Å². The van der Waals surface area contributed by atoms with E-state index in [9.17, 15) is 9.90 Å². The van der Waals surface area contributed by atoms with Crippen LogP contribution >= 0.6 is 35.4 Å². The van der Waals surface area contributed by atoms with Crippen LogP contribution in [-0.4, -0.2) is 29.3 Å². The van der Waals surface area contributed by atoms with Crippen LogP contribution in [0, 0.1) is 0 Å². The van der Waals surface area contributed by atoms with E-state index in [-0.39, 0.29) is 23.8 Å². The highest BCUT2D eigenvalue weighted by atomic mass is 35.5. The summed E-state index contributed by atoms with van der Waals surface area (Å²) in [5.74, 6) is -1.38. The van der Waals surface area contributed by atoms with Crippen molar-refractivity contribution in [3.8, 4) is 0 Å². The fraction of sp³-hybridized carbons (Fsp3) is 0.286. The van der Waals surface area contributed by atoms with Gasteiger partial charge in [-0.25, -0.2) is 4.79 Å². The standard InChI is InChI=1S/C14H15Cl2NO4S/c1-3-20-13(18)11(14(19)21-4-2)12(22)17-8-5-6-9(15)10(16)7-8/h5-7,18H,3-4H2,1-2H3,(H,17,22). The summed E-state index contributed by atoms with van der Waals surface area (Å²) in [5, 5.41) is 13.3. The van der Waals surface area contributed by atoms with Crippen molar-refractivity contribution in [2.75, 3.05) is 18.5 Å². The predicted molar refractivity (Wildman–Crippen MR) is 90.6 cm³/mol. The normalized spacial score (nSPS) is 11.5. The lowest BCUT2D eigenvalue weighted by atomic mass is 10.2. The first kappa shape index (κ1) is 18.5. The van der Waals surface area contributed by atoms with Gasteiger partial charge < -0.3 is 19.9 Å². The fourth-order valence-corrected chi connectivity index (χ4v) is 2.04. The zero-order chi connectivity index (χ0) is 16.7. The number of anilines is 1. The molecule has 0 saturated heterocycles. The minimum atomic E-state index is -0.786. The molecule has 1 rings (SSSR count). The Morgan fingerprint density at radius 1 is 1.23 bits per heavy atom. The number of rotatable bonds is 6. The smallest absolute Gasteiger partial charge is 0.348 e. The average Bonchev–Trinajstić information content (AvgIpc) is 2.43. The molecule has 1 aromatic carbocycles. The molecule has 0 aliphatic heterocycles. The molecule has 0 radical (unpaired) electrons. The lowest BCUT2D eigenvalue weighted by molar-refractivity contribution is -0.138. The number of esters is 1. The summed E-state index contributed by atoms with van der Waals surface area (Å²) in [5.41, 5.74) is 0.246. The Kier molecular flexibility index (Phi) is 7.44. The fourth-order valence-electron chi connectivity index (χ4n) is 1.46. The van der Waals surface area contributed by atoms with Crippen LogP contribution in [0.15, 0.2) is 29.7 Å². The molecule has 1 aromatic rings. The Bertz CT molecular complexity index is 605. The first-order valence-corrected chi connectivity index (χ1v) is 7.56. The number of nitrogens with one attached hydrogen (secondary N) is 1. The minimum Gasteiger partial charge on any atom is -0.480 e. The molecule has 0 aromatic heterocycles. The van der Waals surface area contributed by atoms with Crippen molar-refractivity contribution in [2.45, 2.75) is 13.8 Å². The van der Waals surface area contributed by atoms with E-state index in [0.717, 1.165) is 0 Å². The molecule has 0 bridgehead atoms. The van der Waals surface area contributed by atoms with Gasteiger partial charge in [0.15, 0.2) is 5.57 Å². The summed E-state index contributed by atoms with van der Waals surface area (Å²) in [4.78, 5) is 11.9. The molecular formula is C14H15Cl2NO4S. The number of aliphatic hydroxyl groups is 1. The van der Waals surface area contributed by atoms with Gasteiger partial charge in [-0.2, -0.15) is 0 Å². The number of benzene rings is 1. The molecule has 0 aliphatic carbocycles. The first-order chi connectivity index (χ1) is 10.4. The van der Waals surface area contributed by atoms with E-state index in [1.807, 2.05) is 0 Å². The third-order valence-corrected chi connectivity index (χ3v) is 3.42. The third kappa shape index (κ3) is 5.05. The quantitative estimate of drug-likeness (QED) is 0.343. The van der Waals surface area contributed by atoms with Gasteiger partial charge in [0.25, 0.3) is 5.95 Å². The summed E-state index contributed by atoms with van der Waals surface area (Å²) in [7, 11) is 0. The molecule has 0 amide bonds. The number of hydrogen-bond acceptors (Lipinski definition) is 5. The zero-order valence-corrected chi connectivity index (χ0v) is 14.3. The number of carbonyl (C=O) groups is 1. The molecule has 0 heterocycles. The van der Waals surface area contributed by atoms with E-state index < -0.39 is 11.9 Å². The van der Waals surface area contributed by atoms with Crippen molar-refractivity contribution in [3.05, 3.63) is 39.8 Å². The molecular weight excluding hydrogens is 349 g/mol. The largest absolute Gasteiger partial charge is 0.480 e. The van der Waals surface area contributed by atoms with Gasteiger partial charge in [-0.15, -0.1) is 0 Å². The van der Waals surface area contributed by atoms with Gasteiger partial charge in [0.2, 0.25) is 0 Å². The molecule has 8 heteroatoms. The van der Waals surface area contributed by atoms with E-state index in [1.54, 1.807) is 26.0 Å². The SMILES string of the molecule is CCOC(=O)C(C(=S)Nc1ccc(Cl)c(Cl)c1)=C(O)OCC. The number of carbonyl (C=O) groups excluding carboxylic acids is 1. The lowest BCUT2D eigenvalue weighted by Gasteiger charge is -2.13. The summed E-state index contributed by atoms with van der Waals surface area (Å²) in [6.45, 7) is 3.61. The van der Waals surface area contributed by atoms with Crippen molar-refractivity contribution in [1.29, 1.82) is 0 Å². The van der Waals surface area contributed by atoms with Gasteiger partial charge in [-0.3, -0.25) is 0 Å². The zero-order valence-electron chi connectivity index (χ0n) is 12.0. The van der Waals surface area contributed by atoms with Gasteiger partial charge >= 0.3 is 5.97 Å². The van der Waals surface area contributed by atoms with Crippen LogP contribution in [0.3, 0.4) is 0 Å². The molecule has 0 saturated carbocycles. The topological polar surface area (TPSA) is 67.8 Å². The Balaban J connectivity index is 3.04. The monoisotopic (exact) mass is 363 g/mol. The van der Waals surface area contributed by atoms with E-state index >= 15 is 0 Å². The average molecular weight is 364 g/mol. The van der Waals surface area contributed by atoms with Gasteiger partial charge in [-0.05, 0) is 32.0 Å². The van der Waals surface area contributed by atoms with Crippen LogP contribution in [0.2, 0.25) is 10.0 Å². The highest BCUT2D eigenvalue weighted by Gasteiger charge is 2.23. The van der Waals surface area contributed by atoms with Gasteiger partial charge in [0.05, 0.1) is 23.3 Å². The highest BCUT2D eigenvalue weighted by Crippen LogP contribution is 2.25. The number of ether oxygens (including phenoxy) is 2. The molecule has 22 heavy (non-hydrogen) atoms. The Labute approximate surface area is 143 Å². The van der Waals surface area contributed by atoms with Crippen LogP contribution in [-0.2, 0) is 14.3 Å². The van der Waals surface area contributed by atoms with Gasteiger partial charge in [0, 0.05) is 5.69 Å². The van der Waals surface area contributed by atoms with Crippen LogP contribution in [0.1, 0.15) is 13.8 Å². The molecule has 5 nitrogen and oxygen atoms in total. The van der Waals surface area contributed by atoms with Crippen molar-refractivity contribution in [3.63, 3.8) is 0 Å². The third-order valence-electron chi connectivity index (χ3n) is 2.38. The van der Waals surface area contributed by atoms with Gasteiger partial charge in [-0.1, -0.05) is 35.4 Å². The lowest BCUT2D eigenvalue weighted by Crippen LogP contribution is -2.23. The van der Waals surface area contributed by atoms with Crippen LogP contribution in [0.5, 0.6) is 0 Å². The van der Waals surface area contributed by atoms with E-state index in [1.165, 1.54) is 6.07 Å². The van der Waals surface area contributed by atoms with Gasteiger partial charge in [0.1, 0.15) is 4.99 Å². The first-order valence-electron chi connectivity index (χ1n) is 6.40. The molecule has 0 fully saturated rings. The molecule has 0 unspecified atom stereocenters. The maximum atomic E-state index is 11.9. The summed E-state index contributed by atoms with van der Waals surface area (Å²) in [6, 6.07) is 4.74. The second-order valence-electron chi connectivity index (χ2n) is 3.92. The molecule has 0 spiro atoms. The predicted octanol–water partition coefficient (Wildman–Crippen LogP) is 4.10. The Morgan fingerprint density at radius 3 is 2.41 bits per heavy atom. The van der Waals surface area contributed by atoms with Crippen molar-refractivity contribution < 1.29 is 19.4 Å². The second kappa shape index (κ2) is 8.82.